The zero-order chi connectivity index (χ0) is 16.1. The summed E-state index contributed by atoms with van der Waals surface area (Å²) in [6.45, 7) is 0. The average Bonchev–Trinajstić information content (AvgIpc) is 2.56. The van der Waals surface area contributed by atoms with Crippen LogP contribution in [0.1, 0.15) is 11.3 Å². The monoisotopic (exact) mass is 323 g/mol. The lowest BCUT2D eigenvalue weighted by Crippen LogP contribution is -2.08. The number of benzene rings is 1. The molecule has 0 N–H and O–H groups in total. The van der Waals surface area contributed by atoms with Gasteiger partial charge in [0.2, 0.25) is 0 Å². The predicted octanol–water partition coefficient (Wildman–Crippen LogP) is 3.55. The van der Waals surface area contributed by atoms with Gasteiger partial charge in [-0.15, -0.1) is 0 Å². The third kappa shape index (κ3) is 4.20. The topological polar surface area (TPSA) is 55.7 Å². The van der Waals surface area contributed by atoms with Gasteiger partial charge in [-0.2, -0.15) is 0 Å². The van der Waals surface area contributed by atoms with E-state index >= 15 is 0 Å². The van der Waals surface area contributed by atoms with Crippen LogP contribution in [0.15, 0.2) is 61.2 Å². The maximum atomic E-state index is 12.1. The lowest BCUT2D eigenvalue weighted by Gasteiger charge is -2.04. The third-order valence-corrected chi connectivity index (χ3v) is 3.57. The first kappa shape index (κ1) is 15.3. The highest BCUT2D eigenvalue weighted by Gasteiger charge is 2.08. The number of hydrogen-bond acceptors (Lipinski definition) is 4. The van der Waals surface area contributed by atoms with E-state index in [9.17, 15) is 4.79 Å². The normalized spacial score (nSPS) is 10.5. The Bertz CT molecular complexity index is 804. The zero-order valence-electron chi connectivity index (χ0n) is 12.3. The summed E-state index contributed by atoms with van der Waals surface area (Å²) >= 11 is 5.77. The molecule has 3 aromatic rings. The molecule has 0 saturated carbocycles. The molecule has 2 heterocycles. The number of rotatable bonds is 5. The number of halogens is 1. The molecule has 3 rings (SSSR count). The molecular formula is C18H14ClN3O. The summed E-state index contributed by atoms with van der Waals surface area (Å²) in [7, 11) is 0. The third-order valence-electron chi connectivity index (χ3n) is 3.38. The number of aromatic nitrogens is 3. The van der Waals surface area contributed by atoms with Crippen LogP contribution in [0, 0.1) is 0 Å². The van der Waals surface area contributed by atoms with Crippen LogP contribution in [-0.2, 0) is 17.6 Å². The van der Waals surface area contributed by atoms with Gasteiger partial charge in [0, 0.05) is 25.0 Å². The van der Waals surface area contributed by atoms with E-state index in [0.717, 1.165) is 16.7 Å². The Kier molecular flexibility index (Phi) is 4.74. The van der Waals surface area contributed by atoms with Gasteiger partial charge in [-0.3, -0.25) is 14.8 Å². The highest BCUT2D eigenvalue weighted by Crippen LogP contribution is 2.18. The summed E-state index contributed by atoms with van der Waals surface area (Å²) in [4.78, 5) is 24.3. The van der Waals surface area contributed by atoms with Crippen LogP contribution in [0.4, 0.5) is 0 Å². The van der Waals surface area contributed by atoms with Crippen LogP contribution in [-0.4, -0.2) is 20.7 Å². The lowest BCUT2D eigenvalue weighted by molar-refractivity contribution is -0.117. The second-order valence-electron chi connectivity index (χ2n) is 5.16. The first-order chi connectivity index (χ1) is 11.2. The molecule has 0 unspecified atom stereocenters. The van der Waals surface area contributed by atoms with Crippen molar-refractivity contribution in [3.8, 4) is 11.1 Å². The quantitative estimate of drug-likeness (QED) is 0.720. The number of ketones is 1. The Morgan fingerprint density at radius 2 is 1.74 bits per heavy atom. The van der Waals surface area contributed by atoms with E-state index in [4.69, 9.17) is 11.6 Å². The van der Waals surface area contributed by atoms with Gasteiger partial charge in [-0.05, 0) is 22.8 Å². The van der Waals surface area contributed by atoms with Gasteiger partial charge in [-0.25, -0.2) is 4.98 Å². The van der Waals surface area contributed by atoms with E-state index in [1.165, 1.54) is 6.20 Å². The Morgan fingerprint density at radius 1 is 0.913 bits per heavy atom. The van der Waals surface area contributed by atoms with Crippen molar-refractivity contribution in [2.75, 3.05) is 0 Å². The van der Waals surface area contributed by atoms with Crippen LogP contribution in [0.3, 0.4) is 0 Å². The van der Waals surface area contributed by atoms with Crippen LogP contribution < -0.4 is 0 Å². The summed E-state index contributed by atoms with van der Waals surface area (Å²) in [5.74, 6) is 0.0793. The fourth-order valence-electron chi connectivity index (χ4n) is 2.31. The maximum absolute atomic E-state index is 12.1. The molecule has 2 aromatic heterocycles. The van der Waals surface area contributed by atoms with Crippen molar-refractivity contribution in [2.45, 2.75) is 12.8 Å². The molecule has 5 heteroatoms. The van der Waals surface area contributed by atoms with E-state index < -0.39 is 0 Å². The first-order valence-corrected chi connectivity index (χ1v) is 7.56. The summed E-state index contributed by atoms with van der Waals surface area (Å²) in [5.41, 5.74) is 3.70. The van der Waals surface area contributed by atoms with Crippen molar-refractivity contribution >= 4 is 17.4 Å². The predicted molar refractivity (Wildman–Crippen MR) is 89.1 cm³/mol. The molecule has 4 nitrogen and oxygen atoms in total. The van der Waals surface area contributed by atoms with Crippen molar-refractivity contribution in [2.24, 2.45) is 0 Å². The largest absolute Gasteiger partial charge is 0.299 e. The number of nitrogens with zero attached hydrogens (tertiary/aromatic N) is 3. The van der Waals surface area contributed by atoms with Crippen molar-refractivity contribution in [3.05, 3.63) is 77.6 Å². The molecule has 0 radical (unpaired) electrons. The highest BCUT2D eigenvalue weighted by molar-refractivity contribution is 6.29. The van der Waals surface area contributed by atoms with E-state index in [0.29, 0.717) is 17.3 Å². The maximum Gasteiger partial charge on any atom is 0.147 e. The molecule has 0 aliphatic carbocycles. The molecule has 0 atom stereocenters. The molecule has 0 aliphatic heterocycles. The van der Waals surface area contributed by atoms with Crippen molar-refractivity contribution in [1.29, 1.82) is 0 Å². The molecule has 1 aromatic carbocycles. The Morgan fingerprint density at radius 3 is 2.43 bits per heavy atom. The molecule has 23 heavy (non-hydrogen) atoms. The van der Waals surface area contributed by atoms with Gasteiger partial charge >= 0.3 is 0 Å². The van der Waals surface area contributed by atoms with Gasteiger partial charge in [0.05, 0.1) is 18.3 Å². The minimum absolute atomic E-state index is 0.0793. The van der Waals surface area contributed by atoms with Gasteiger partial charge in [-0.1, -0.05) is 41.9 Å². The van der Waals surface area contributed by atoms with Crippen LogP contribution in [0.2, 0.25) is 5.15 Å². The van der Waals surface area contributed by atoms with Gasteiger partial charge in [0.15, 0.2) is 0 Å². The SMILES string of the molecule is O=C(Cc1ccc(-c2cccnc2)cc1)Cc1cncc(Cl)n1. The molecular weight excluding hydrogens is 310 g/mol. The number of hydrogen-bond donors (Lipinski definition) is 0. The lowest BCUT2D eigenvalue weighted by atomic mass is 10.0. The molecule has 0 saturated heterocycles. The minimum Gasteiger partial charge on any atom is -0.299 e. The Hall–Kier alpha value is -2.59. The fraction of sp³-hybridized carbons (Fsp3) is 0.111. The molecule has 0 amide bonds. The van der Waals surface area contributed by atoms with Crippen LogP contribution in [0.5, 0.6) is 0 Å². The number of carbonyl (C=O) groups is 1. The van der Waals surface area contributed by atoms with E-state index in [2.05, 4.69) is 15.0 Å². The Labute approximate surface area is 139 Å². The molecule has 0 bridgehead atoms. The summed E-state index contributed by atoms with van der Waals surface area (Å²) < 4.78 is 0. The van der Waals surface area contributed by atoms with Gasteiger partial charge in [0.25, 0.3) is 0 Å². The molecule has 0 spiro atoms. The van der Waals surface area contributed by atoms with Crippen molar-refractivity contribution in [3.63, 3.8) is 0 Å². The Balaban J connectivity index is 1.65. The minimum atomic E-state index is 0.0793. The van der Waals surface area contributed by atoms with E-state index in [-0.39, 0.29) is 12.2 Å². The number of carbonyl (C=O) groups excluding carboxylic acids is 1. The molecule has 114 valence electrons. The zero-order valence-corrected chi connectivity index (χ0v) is 13.1. The van der Waals surface area contributed by atoms with E-state index in [1.54, 1.807) is 12.4 Å². The molecule has 0 aliphatic rings. The second kappa shape index (κ2) is 7.11. The van der Waals surface area contributed by atoms with Crippen LogP contribution >= 0.6 is 11.6 Å². The number of Topliss-reactive ketones (excluding diaryl/α,β-unsaturated/α-hetero) is 1. The standard InChI is InChI=1S/C18H14ClN3O/c19-18-12-21-11-16(22-18)9-17(23)8-13-3-5-14(6-4-13)15-2-1-7-20-10-15/h1-7,10-12H,8-9H2. The van der Waals surface area contributed by atoms with Crippen molar-refractivity contribution in [1.82, 2.24) is 15.0 Å². The summed E-state index contributed by atoms with van der Waals surface area (Å²) in [6.07, 6.45) is 7.18. The van der Waals surface area contributed by atoms with Crippen molar-refractivity contribution < 1.29 is 4.79 Å². The first-order valence-electron chi connectivity index (χ1n) is 7.18. The van der Waals surface area contributed by atoms with E-state index in [1.807, 2.05) is 42.6 Å². The highest BCUT2D eigenvalue weighted by atomic mass is 35.5. The average molecular weight is 324 g/mol. The summed E-state index contributed by atoms with van der Waals surface area (Å²) in [6, 6.07) is 11.8. The smallest absolute Gasteiger partial charge is 0.147 e. The fourth-order valence-corrected chi connectivity index (χ4v) is 2.47. The summed E-state index contributed by atoms with van der Waals surface area (Å²) in [5, 5.41) is 0.302. The molecule has 0 fully saturated rings. The second-order valence-corrected chi connectivity index (χ2v) is 5.55. The van der Waals surface area contributed by atoms with Gasteiger partial charge in [0.1, 0.15) is 10.9 Å². The van der Waals surface area contributed by atoms with Gasteiger partial charge < -0.3 is 0 Å². The van der Waals surface area contributed by atoms with Crippen LogP contribution in [0.25, 0.3) is 11.1 Å². The number of pyridine rings is 1.